The van der Waals surface area contributed by atoms with Crippen LogP contribution >= 0.6 is 0 Å². The second-order valence-corrected chi connectivity index (χ2v) is 14.4. The van der Waals surface area contributed by atoms with Gasteiger partial charge >= 0.3 is 0 Å². The van der Waals surface area contributed by atoms with Crippen LogP contribution in [-0.4, -0.2) is 0 Å². The van der Waals surface area contributed by atoms with E-state index in [4.69, 9.17) is 4.42 Å². The summed E-state index contributed by atoms with van der Waals surface area (Å²) in [7, 11) is 0. The Morgan fingerprint density at radius 3 is 1.66 bits per heavy atom. The van der Waals surface area contributed by atoms with Crippen LogP contribution in [0.1, 0.15) is 0 Å². The second-order valence-electron chi connectivity index (χ2n) is 14.4. The molecule has 2 heteroatoms. The van der Waals surface area contributed by atoms with E-state index in [1.54, 1.807) is 0 Å². The highest BCUT2D eigenvalue weighted by atomic mass is 16.3. The Bertz CT molecular complexity index is 3250. The molecule has 0 fully saturated rings. The van der Waals surface area contributed by atoms with Crippen molar-refractivity contribution in [2.24, 2.45) is 0 Å². The first-order valence-corrected chi connectivity index (χ1v) is 19.2. The number of anilines is 3. The first-order valence-electron chi connectivity index (χ1n) is 19.2. The molecule has 262 valence electrons. The lowest BCUT2D eigenvalue weighted by Gasteiger charge is -2.29. The Morgan fingerprint density at radius 2 is 0.875 bits per heavy atom. The molecule has 0 aliphatic carbocycles. The van der Waals surface area contributed by atoms with Gasteiger partial charge in [-0.05, 0) is 109 Å². The average molecular weight is 714 g/mol. The molecule has 1 heterocycles. The van der Waals surface area contributed by atoms with E-state index in [1.807, 2.05) is 0 Å². The number of hydrogen-bond donors (Lipinski definition) is 0. The summed E-state index contributed by atoms with van der Waals surface area (Å²) in [6, 6.07) is 76.5. The molecular formula is C54H35NO. The van der Waals surface area contributed by atoms with Gasteiger partial charge in [-0.3, -0.25) is 0 Å². The third-order valence-corrected chi connectivity index (χ3v) is 11.2. The minimum Gasteiger partial charge on any atom is -0.456 e. The summed E-state index contributed by atoms with van der Waals surface area (Å²) in [4.78, 5) is 2.42. The van der Waals surface area contributed by atoms with Crippen molar-refractivity contribution in [3.63, 3.8) is 0 Å². The lowest BCUT2D eigenvalue weighted by Crippen LogP contribution is -2.11. The van der Waals surface area contributed by atoms with Crippen molar-refractivity contribution in [1.29, 1.82) is 0 Å². The number of benzene rings is 10. The molecule has 0 radical (unpaired) electrons. The number of nitrogens with zero attached hydrogens (tertiary/aromatic N) is 1. The molecule has 0 amide bonds. The van der Waals surface area contributed by atoms with E-state index in [0.717, 1.165) is 50.0 Å². The molecule has 0 saturated carbocycles. The van der Waals surface area contributed by atoms with Gasteiger partial charge in [0.05, 0.1) is 16.8 Å². The molecule has 1 aromatic heterocycles. The topological polar surface area (TPSA) is 16.4 Å². The fourth-order valence-corrected chi connectivity index (χ4v) is 8.65. The SMILES string of the molecule is c1ccc(-c2ccc(N(c3ccccc3-c3ccccc3-c3cc4ccccc4c4ccccc34)c3cccc4oc5cc6ccccc6cc5c34)cc2)cc1. The number of furan rings is 1. The number of para-hydroxylation sites is 1. The van der Waals surface area contributed by atoms with Crippen LogP contribution in [0.2, 0.25) is 0 Å². The van der Waals surface area contributed by atoms with Crippen molar-refractivity contribution >= 4 is 71.3 Å². The summed E-state index contributed by atoms with van der Waals surface area (Å²) in [5.74, 6) is 0. The van der Waals surface area contributed by atoms with Crippen molar-refractivity contribution in [2.75, 3.05) is 4.90 Å². The normalized spacial score (nSPS) is 11.6. The van der Waals surface area contributed by atoms with E-state index in [1.165, 1.54) is 54.7 Å². The van der Waals surface area contributed by atoms with E-state index in [0.29, 0.717) is 0 Å². The van der Waals surface area contributed by atoms with Crippen LogP contribution in [0.5, 0.6) is 0 Å². The van der Waals surface area contributed by atoms with Gasteiger partial charge in [0.15, 0.2) is 0 Å². The van der Waals surface area contributed by atoms with Gasteiger partial charge in [-0.15, -0.1) is 0 Å². The van der Waals surface area contributed by atoms with E-state index < -0.39 is 0 Å². The quantitative estimate of drug-likeness (QED) is 0.160. The van der Waals surface area contributed by atoms with Crippen LogP contribution in [0.3, 0.4) is 0 Å². The highest BCUT2D eigenvalue weighted by Gasteiger charge is 2.24. The summed E-state index contributed by atoms with van der Waals surface area (Å²) in [6.07, 6.45) is 0. The molecule has 10 aromatic carbocycles. The van der Waals surface area contributed by atoms with Crippen LogP contribution in [-0.2, 0) is 0 Å². The largest absolute Gasteiger partial charge is 0.456 e. The van der Waals surface area contributed by atoms with Gasteiger partial charge in [0.2, 0.25) is 0 Å². The molecule has 0 spiro atoms. The molecular weight excluding hydrogens is 679 g/mol. The fourth-order valence-electron chi connectivity index (χ4n) is 8.65. The average Bonchev–Trinajstić information content (AvgIpc) is 3.64. The summed E-state index contributed by atoms with van der Waals surface area (Å²) in [6.45, 7) is 0. The Morgan fingerprint density at radius 1 is 0.304 bits per heavy atom. The Labute approximate surface area is 325 Å². The van der Waals surface area contributed by atoms with Crippen LogP contribution < -0.4 is 4.90 Å². The van der Waals surface area contributed by atoms with Crippen LogP contribution in [0.25, 0.3) is 87.6 Å². The Hall–Kier alpha value is -7.42. The lowest BCUT2D eigenvalue weighted by atomic mass is 9.88. The third kappa shape index (κ3) is 5.26. The Balaban J connectivity index is 1.17. The van der Waals surface area contributed by atoms with Gasteiger partial charge in [0, 0.05) is 16.6 Å². The minimum absolute atomic E-state index is 0.860. The van der Waals surface area contributed by atoms with E-state index >= 15 is 0 Å². The highest BCUT2D eigenvalue weighted by Crippen LogP contribution is 2.48. The highest BCUT2D eigenvalue weighted by molar-refractivity contribution is 6.18. The van der Waals surface area contributed by atoms with Crippen molar-refractivity contribution in [3.05, 3.63) is 212 Å². The minimum atomic E-state index is 0.860. The number of fused-ring (bicyclic) bond motifs is 7. The molecule has 0 aliphatic rings. The summed E-state index contributed by atoms with van der Waals surface area (Å²) in [5.41, 5.74) is 12.0. The predicted molar refractivity (Wildman–Crippen MR) is 237 cm³/mol. The molecule has 11 aromatic rings. The maximum atomic E-state index is 6.64. The molecule has 0 saturated heterocycles. The first kappa shape index (κ1) is 32.0. The zero-order valence-corrected chi connectivity index (χ0v) is 30.6. The van der Waals surface area contributed by atoms with Crippen molar-refractivity contribution in [3.8, 4) is 33.4 Å². The summed E-state index contributed by atoms with van der Waals surface area (Å²) >= 11 is 0. The molecule has 2 nitrogen and oxygen atoms in total. The maximum Gasteiger partial charge on any atom is 0.137 e. The lowest BCUT2D eigenvalue weighted by molar-refractivity contribution is 0.669. The molecule has 0 atom stereocenters. The van der Waals surface area contributed by atoms with Gasteiger partial charge < -0.3 is 9.32 Å². The van der Waals surface area contributed by atoms with Gasteiger partial charge in [0.25, 0.3) is 0 Å². The van der Waals surface area contributed by atoms with Crippen LogP contribution in [0, 0.1) is 0 Å². The second kappa shape index (κ2) is 13.2. The van der Waals surface area contributed by atoms with E-state index in [-0.39, 0.29) is 0 Å². The van der Waals surface area contributed by atoms with Crippen molar-refractivity contribution < 1.29 is 4.42 Å². The fraction of sp³-hybridized carbons (Fsp3) is 0. The zero-order chi connectivity index (χ0) is 37.0. The molecule has 56 heavy (non-hydrogen) atoms. The van der Waals surface area contributed by atoms with E-state index in [2.05, 4.69) is 217 Å². The molecule has 0 N–H and O–H groups in total. The van der Waals surface area contributed by atoms with Gasteiger partial charge in [-0.2, -0.15) is 0 Å². The van der Waals surface area contributed by atoms with Crippen LogP contribution in [0.4, 0.5) is 17.1 Å². The van der Waals surface area contributed by atoms with Gasteiger partial charge in [0.1, 0.15) is 11.2 Å². The zero-order valence-electron chi connectivity index (χ0n) is 30.6. The maximum absolute atomic E-state index is 6.64. The molecule has 0 unspecified atom stereocenters. The molecule has 0 bridgehead atoms. The van der Waals surface area contributed by atoms with E-state index in [9.17, 15) is 0 Å². The molecule has 11 rings (SSSR count). The smallest absolute Gasteiger partial charge is 0.137 e. The number of hydrogen-bond acceptors (Lipinski definition) is 2. The van der Waals surface area contributed by atoms with Crippen molar-refractivity contribution in [1.82, 2.24) is 0 Å². The summed E-state index contributed by atoms with van der Waals surface area (Å²) in [5, 5.41) is 9.54. The predicted octanol–water partition coefficient (Wildman–Crippen LogP) is 15.5. The Kier molecular flexibility index (Phi) is 7.53. The molecule has 0 aliphatic heterocycles. The van der Waals surface area contributed by atoms with Gasteiger partial charge in [-0.1, -0.05) is 164 Å². The first-order chi connectivity index (χ1) is 27.8. The standard InChI is InChI=1S/C54H35NO/c1-2-15-36(16-3-1)37-29-31-41(32-30-37)55(51-27-14-28-52-54(51)49-33-38-17-4-5-18-39(38)35-53(49)56-52)50-26-13-12-25-47(50)44-22-9-11-24-46(44)48-34-40-19-6-7-20-42(40)43-21-8-10-23-45(43)48/h1-35H. The monoisotopic (exact) mass is 713 g/mol. The van der Waals surface area contributed by atoms with Gasteiger partial charge in [-0.25, -0.2) is 0 Å². The summed E-state index contributed by atoms with van der Waals surface area (Å²) < 4.78 is 6.64. The van der Waals surface area contributed by atoms with Crippen LogP contribution in [0.15, 0.2) is 217 Å². The van der Waals surface area contributed by atoms with Crippen molar-refractivity contribution in [2.45, 2.75) is 0 Å². The number of rotatable bonds is 6. The third-order valence-electron chi connectivity index (χ3n) is 11.2.